The van der Waals surface area contributed by atoms with Crippen LogP contribution < -0.4 is 9.47 Å². The Morgan fingerprint density at radius 2 is 1.35 bits per heavy atom. The van der Waals surface area contributed by atoms with E-state index in [1.54, 1.807) is 0 Å². The molecule has 106 valence electrons. The van der Waals surface area contributed by atoms with Gasteiger partial charge in [-0.15, -0.1) is 0 Å². The molecule has 0 aliphatic rings. The summed E-state index contributed by atoms with van der Waals surface area (Å²) < 4.78 is 13.2. The minimum absolute atomic E-state index is 0.608. The zero-order valence-corrected chi connectivity index (χ0v) is 14.5. The molecule has 2 aromatic rings. The minimum Gasteiger partial charge on any atom is -0.493 e. The van der Waals surface area contributed by atoms with Gasteiger partial charge in [-0.2, -0.15) is 0 Å². The fraction of sp³-hybridized carbons (Fsp3) is 0.200. The number of hydrogen-bond donors (Lipinski definition) is 0. The van der Waals surface area contributed by atoms with E-state index in [0.717, 1.165) is 26.9 Å². The molecule has 0 N–H and O–H groups in total. The quantitative estimate of drug-likeness (QED) is 0.557. The summed E-state index contributed by atoms with van der Waals surface area (Å²) in [5.41, 5.74) is 0. The van der Waals surface area contributed by atoms with E-state index in [0.29, 0.717) is 18.2 Å². The van der Waals surface area contributed by atoms with E-state index in [4.69, 9.17) is 21.1 Å². The normalized spacial score (nSPS) is 10.3. The molecule has 0 unspecified atom stereocenters. The van der Waals surface area contributed by atoms with Crippen molar-refractivity contribution in [1.29, 1.82) is 0 Å². The Kier molecular flexibility index (Phi) is 6.20. The monoisotopic (exact) mass is 418 g/mol. The number of hydrogen-bond acceptors (Lipinski definition) is 2. The molecule has 0 fully saturated rings. The first-order valence-corrected chi connectivity index (χ1v) is 8.07. The van der Waals surface area contributed by atoms with Crippen LogP contribution in [-0.2, 0) is 0 Å². The highest BCUT2D eigenvalue weighted by Gasteiger charge is 1.99. The van der Waals surface area contributed by atoms with Crippen LogP contribution in [0.15, 0.2) is 51.4 Å². The molecule has 0 aromatic heterocycles. The average molecular weight is 421 g/mol. The van der Waals surface area contributed by atoms with Gasteiger partial charge in [-0.05, 0) is 42.5 Å². The molecule has 0 atom stereocenters. The molecular weight excluding hydrogens is 407 g/mol. The zero-order valence-electron chi connectivity index (χ0n) is 10.6. The first-order chi connectivity index (χ1) is 9.63. The van der Waals surface area contributed by atoms with Gasteiger partial charge in [-0.25, -0.2) is 0 Å². The lowest BCUT2D eigenvalue weighted by Crippen LogP contribution is -2.05. The van der Waals surface area contributed by atoms with Crippen molar-refractivity contribution in [2.24, 2.45) is 0 Å². The van der Waals surface area contributed by atoms with Crippen molar-refractivity contribution in [3.63, 3.8) is 0 Å². The first kappa shape index (κ1) is 15.7. The molecule has 0 aliphatic heterocycles. The van der Waals surface area contributed by atoms with Crippen LogP contribution in [0, 0.1) is 0 Å². The Balaban J connectivity index is 1.70. The number of halogens is 3. The van der Waals surface area contributed by atoms with Crippen LogP contribution >= 0.6 is 43.5 Å². The van der Waals surface area contributed by atoms with Gasteiger partial charge in [0.05, 0.1) is 13.2 Å². The highest BCUT2D eigenvalue weighted by Crippen LogP contribution is 2.25. The van der Waals surface area contributed by atoms with E-state index in [9.17, 15) is 0 Å². The van der Waals surface area contributed by atoms with Crippen LogP contribution in [0.4, 0.5) is 0 Å². The Labute approximate surface area is 140 Å². The summed E-state index contributed by atoms with van der Waals surface area (Å²) in [6.07, 6.45) is 0.812. The zero-order chi connectivity index (χ0) is 14.4. The van der Waals surface area contributed by atoms with Crippen molar-refractivity contribution in [1.82, 2.24) is 0 Å². The number of rotatable bonds is 6. The van der Waals surface area contributed by atoms with Crippen LogP contribution in [0.5, 0.6) is 11.5 Å². The van der Waals surface area contributed by atoms with Gasteiger partial charge >= 0.3 is 0 Å². The second-order valence-electron chi connectivity index (χ2n) is 4.11. The molecule has 2 aromatic carbocycles. The van der Waals surface area contributed by atoms with Gasteiger partial charge in [-0.1, -0.05) is 43.5 Å². The van der Waals surface area contributed by atoms with Gasteiger partial charge < -0.3 is 9.47 Å². The van der Waals surface area contributed by atoms with Crippen molar-refractivity contribution in [3.8, 4) is 11.5 Å². The molecule has 0 amide bonds. The largest absolute Gasteiger partial charge is 0.493 e. The summed E-state index contributed by atoms with van der Waals surface area (Å²) in [4.78, 5) is 0. The van der Waals surface area contributed by atoms with Gasteiger partial charge in [0.25, 0.3) is 0 Å². The second kappa shape index (κ2) is 7.91. The Bertz CT molecular complexity index is 538. The minimum atomic E-state index is 0.608. The van der Waals surface area contributed by atoms with Crippen LogP contribution in [0.25, 0.3) is 0 Å². The van der Waals surface area contributed by atoms with Crippen molar-refractivity contribution >= 4 is 43.5 Å². The van der Waals surface area contributed by atoms with Crippen molar-refractivity contribution in [2.45, 2.75) is 6.42 Å². The lowest BCUT2D eigenvalue weighted by atomic mass is 10.3. The summed E-state index contributed by atoms with van der Waals surface area (Å²) in [5, 5.41) is 0.709. The molecular formula is C15H13Br2ClO2. The lowest BCUT2D eigenvalue weighted by molar-refractivity contribution is 0.247. The summed E-state index contributed by atoms with van der Waals surface area (Å²) in [6.45, 7) is 1.22. The molecule has 0 spiro atoms. The number of ether oxygens (including phenoxy) is 2. The summed E-state index contributed by atoms with van der Waals surface area (Å²) in [6, 6.07) is 13.2. The van der Waals surface area contributed by atoms with Crippen LogP contribution in [0.2, 0.25) is 5.02 Å². The second-order valence-corrected chi connectivity index (χ2v) is 6.38. The molecule has 0 bridgehead atoms. The first-order valence-electron chi connectivity index (χ1n) is 6.11. The predicted octanol–water partition coefficient (Wildman–Crippen LogP) is 5.71. The van der Waals surface area contributed by atoms with E-state index in [-0.39, 0.29) is 0 Å². The SMILES string of the molecule is Clc1ccc(OCCCOc2cc(Br)cc(Br)c2)cc1. The molecule has 5 heteroatoms. The van der Waals surface area contributed by atoms with Crippen LogP contribution in [-0.4, -0.2) is 13.2 Å². The van der Waals surface area contributed by atoms with Crippen molar-refractivity contribution in [2.75, 3.05) is 13.2 Å². The smallest absolute Gasteiger partial charge is 0.121 e. The maximum Gasteiger partial charge on any atom is 0.121 e. The van der Waals surface area contributed by atoms with E-state index >= 15 is 0 Å². The molecule has 0 saturated carbocycles. The van der Waals surface area contributed by atoms with Gasteiger partial charge in [0.15, 0.2) is 0 Å². The summed E-state index contributed by atoms with van der Waals surface area (Å²) in [7, 11) is 0. The van der Waals surface area contributed by atoms with Gasteiger partial charge in [0.1, 0.15) is 11.5 Å². The standard InChI is InChI=1S/C15H13Br2ClO2/c16-11-8-12(17)10-15(9-11)20-7-1-6-19-14-4-2-13(18)3-5-14/h2-5,8-10H,1,6-7H2. The Morgan fingerprint density at radius 3 is 1.95 bits per heavy atom. The topological polar surface area (TPSA) is 18.5 Å². The van der Waals surface area contributed by atoms with Gasteiger partial charge in [0.2, 0.25) is 0 Å². The lowest BCUT2D eigenvalue weighted by Gasteiger charge is -2.09. The summed E-state index contributed by atoms with van der Waals surface area (Å²) in [5.74, 6) is 1.65. The molecule has 0 aliphatic carbocycles. The molecule has 0 saturated heterocycles. The fourth-order valence-corrected chi connectivity index (χ4v) is 2.96. The molecule has 2 nitrogen and oxygen atoms in total. The molecule has 2 rings (SSSR count). The maximum absolute atomic E-state index is 5.81. The summed E-state index contributed by atoms with van der Waals surface area (Å²) >= 11 is 12.7. The third-order valence-corrected chi connectivity index (χ3v) is 3.64. The van der Waals surface area contributed by atoms with Gasteiger partial charge in [0, 0.05) is 20.4 Å². The van der Waals surface area contributed by atoms with Crippen molar-refractivity contribution < 1.29 is 9.47 Å². The highest BCUT2D eigenvalue weighted by atomic mass is 79.9. The van der Waals surface area contributed by atoms with E-state index in [1.807, 2.05) is 42.5 Å². The molecule has 0 radical (unpaired) electrons. The Hall–Kier alpha value is -0.710. The average Bonchev–Trinajstić information content (AvgIpc) is 2.39. The highest BCUT2D eigenvalue weighted by molar-refractivity contribution is 9.11. The number of benzene rings is 2. The molecule has 0 heterocycles. The third kappa shape index (κ3) is 5.35. The van der Waals surface area contributed by atoms with Crippen LogP contribution in [0.3, 0.4) is 0 Å². The third-order valence-electron chi connectivity index (χ3n) is 2.48. The van der Waals surface area contributed by atoms with Gasteiger partial charge in [-0.3, -0.25) is 0 Å². The van der Waals surface area contributed by atoms with E-state index < -0.39 is 0 Å². The van der Waals surface area contributed by atoms with E-state index in [1.165, 1.54) is 0 Å². The van der Waals surface area contributed by atoms with Crippen molar-refractivity contribution in [3.05, 3.63) is 56.4 Å². The van der Waals surface area contributed by atoms with Crippen LogP contribution in [0.1, 0.15) is 6.42 Å². The Morgan fingerprint density at radius 1 is 0.800 bits per heavy atom. The predicted molar refractivity (Wildman–Crippen MR) is 88.9 cm³/mol. The maximum atomic E-state index is 5.81. The fourth-order valence-electron chi connectivity index (χ4n) is 1.58. The molecule has 20 heavy (non-hydrogen) atoms. The van der Waals surface area contributed by atoms with E-state index in [2.05, 4.69) is 31.9 Å².